The molecule has 10 rings (SSSR count). The van der Waals surface area contributed by atoms with Crippen molar-refractivity contribution < 1.29 is 18.4 Å². The van der Waals surface area contributed by atoms with Crippen molar-refractivity contribution in [2.45, 2.75) is 176 Å². The third-order valence-electron chi connectivity index (χ3n) is 17.2. The molecule has 8 atom stereocenters. The number of alkyl halides is 3. The maximum absolute atomic E-state index is 14.9. The van der Waals surface area contributed by atoms with E-state index in [9.17, 15) is 18.4 Å². The van der Waals surface area contributed by atoms with Crippen molar-refractivity contribution in [2.24, 2.45) is 27.9 Å². The Bertz CT molecular complexity index is 1840. The molecule has 2 aromatic carbocycles. The van der Waals surface area contributed by atoms with Gasteiger partial charge in [-0.25, -0.2) is 8.78 Å². The van der Waals surface area contributed by atoms with E-state index in [1.54, 1.807) is 0 Å². The van der Waals surface area contributed by atoms with Gasteiger partial charge in [-0.3, -0.25) is 9.59 Å². The molecule has 9 heteroatoms. The average molecular weight is 818 g/mol. The number of carbonyl (C=O) groups excluding carboxylic acids is 2. The third-order valence-corrected chi connectivity index (χ3v) is 17.4. The van der Waals surface area contributed by atoms with Crippen LogP contribution in [0.3, 0.4) is 0 Å². The van der Waals surface area contributed by atoms with Gasteiger partial charge >= 0.3 is 0 Å². The van der Waals surface area contributed by atoms with Crippen molar-refractivity contribution in [3.63, 3.8) is 0 Å². The van der Waals surface area contributed by atoms with Gasteiger partial charge in [-0.2, -0.15) is 0 Å². The van der Waals surface area contributed by atoms with Gasteiger partial charge in [-0.1, -0.05) is 67.9 Å². The molecular weight excluding hydrogens is 750 g/mol. The number of rotatable bonds is 11. The minimum Gasteiger partial charge on any atom is -0.353 e. The molecule has 2 amide bonds. The van der Waals surface area contributed by atoms with Crippen molar-refractivity contribution in [3.05, 3.63) is 71.3 Å². The first kappa shape index (κ1) is 40.8. The van der Waals surface area contributed by atoms with Crippen LogP contribution in [-0.2, 0) is 25.8 Å². The fraction of sp³-hybridized carbons (Fsp3) is 0.714. The fourth-order valence-corrected chi connectivity index (χ4v) is 15.8. The lowest BCUT2D eigenvalue weighted by atomic mass is 9.37. The molecule has 0 spiro atoms. The number of halogens is 3. The molecule has 1 aliphatic heterocycles. The lowest BCUT2D eigenvalue weighted by Gasteiger charge is -2.66. The molecular formula is C49H67ClF2N4O2. The molecule has 6 bridgehead atoms. The van der Waals surface area contributed by atoms with Crippen LogP contribution in [0.15, 0.2) is 54.6 Å². The van der Waals surface area contributed by atoms with Crippen LogP contribution in [0, 0.1) is 22.2 Å². The Kier molecular flexibility index (Phi) is 10.6. The first-order valence-corrected chi connectivity index (χ1v) is 23.4. The summed E-state index contributed by atoms with van der Waals surface area (Å²) in [6, 6.07) is 19.9. The number of amides is 2. The quantitative estimate of drug-likeness (QED) is 0.170. The summed E-state index contributed by atoms with van der Waals surface area (Å²) >= 11 is 6.59. The van der Waals surface area contributed by atoms with E-state index in [0.717, 1.165) is 96.3 Å². The minimum atomic E-state index is -2.96. The van der Waals surface area contributed by atoms with Crippen LogP contribution in [-0.4, -0.2) is 54.8 Å². The van der Waals surface area contributed by atoms with E-state index in [1.165, 1.54) is 29.5 Å². The highest BCUT2D eigenvalue weighted by Crippen LogP contribution is 2.71. The van der Waals surface area contributed by atoms with E-state index in [4.69, 9.17) is 17.3 Å². The van der Waals surface area contributed by atoms with Gasteiger partial charge in [0.2, 0.25) is 11.8 Å². The topological polar surface area (TPSA) is 96.2 Å². The zero-order valence-electron chi connectivity index (χ0n) is 34.8. The summed E-state index contributed by atoms with van der Waals surface area (Å²) in [6.45, 7) is 2.54. The lowest BCUT2D eigenvalue weighted by molar-refractivity contribution is -0.164. The number of benzene rings is 2. The number of piperidine rings is 1. The van der Waals surface area contributed by atoms with Crippen molar-refractivity contribution in [3.8, 4) is 0 Å². The summed E-state index contributed by atoms with van der Waals surface area (Å²) in [5.74, 6) is -1.84. The largest absolute Gasteiger partial charge is 0.353 e. The summed E-state index contributed by atoms with van der Waals surface area (Å²) in [5, 5.41) is 9.13. The smallest absolute Gasteiger partial charge is 0.280 e. The first-order valence-electron chi connectivity index (χ1n) is 22.9. The molecule has 58 heavy (non-hydrogen) atoms. The van der Waals surface area contributed by atoms with Crippen LogP contribution in [0.4, 0.5) is 8.78 Å². The SMILES string of the molecule is C[C@@]12CCC[C@@](c3ccccc3)(CC(CCC(=O)NC3CCNCC3(F)F)(c3ccc([C@]45CC6CC(C(=O)NC7CCC(N)CC7)(C[C@](CCCl)(C6)C4)C5)cc3)C1)C2. The van der Waals surface area contributed by atoms with Crippen LogP contribution in [0.2, 0.25) is 0 Å². The van der Waals surface area contributed by atoms with Gasteiger partial charge in [0, 0.05) is 24.4 Å². The summed E-state index contributed by atoms with van der Waals surface area (Å²) < 4.78 is 29.7. The Morgan fingerprint density at radius 3 is 2.28 bits per heavy atom. The molecule has 2 aromatic rings. The number of fused-ring (bicyclic) bond motifs is 2. The molecule has 8 aliphatic rings. The van der Waals surface area contributed by atoms with E-state index in [0.29, 0.717) is 24.8 Å². The number of nitrogens with one attached hydrogen (secondary N) is 3. The Morgan fingerprint density at radius 2 is 1.53 bits per heavy atom. The highest BCUT2D eigenvalue weighted by molar-refractivity contribution is 6.17. The normalized spacial score (nSPS) is 41.5. The standard InChI is InChI=1S/C49H67ClF2N4O2/c1-43-18-5-19-45(27-43,35-6-3-2-4-7-35)31-46(28-43,20-16-41(57)56-40-17-23-54-33-49(40,51)52)36-8-10-37(11-9-36)47-25-34-24-44(29-47,21-22-50)30-48(26-34,32-47)42(58)55-39-14-12-38(53)13-15-39/h2-4,6-11,34,38-40,54H,5,12-33,53H2,1H3,(H,55,58)(H,56,57)/t34?,38?,39?,40?,43-,44+,45-,46?,47+,48?/m0/s1. The molecule has 8 fully saturated rings. The van der Waals surface area contributed by atoms with E-state index < -0.39 is 18.5 Å². The summed E-state index contributed by atoms with van der Waals surface area (Å²) in [4.78, 5) is 28.3. The maximum Gasteiger partial charge on any atom is 0.280 e. The Balaban J connectivity index is 1.04. The van der Waals surface area contributed by atoms with Crippen LogP contribution < -0.4 is 21.7 Å². The van der Waals surface area contributed by atoms with Crippen molar-refractivity contribution in [2.75, 3.05) is 19.0 Å². The van der Waals surface area contributed by atoms with E-state index >= 15 is 0 Å². The van der Waals surface area contributed by atoms with Crippen LogP contribution in [0.5, 0.6) is 0 Å². The maximum atomic E-state index is 14.9. The average Bonchev–Trinajstić information content (AvgIpc) is 3.18. The molecule has 4 unspecified atom stereocenters. The molecule has 316 valence electrons. The number of nitrogens with two attached hydrogens (primary N) is 1. The van der Waals surface area contributed by atoms with E-state index in [-0.39, 0.29) is 69.2 Å². The molecule has 1 heterocycles. The second-order valence-electron chi connectivity index (χ2n) is 21.6. The first-order chi connectivity index (χ1) is 27.7. The number of carbonyl (C=O) groups is 2. The number of hydrogen-bond donors (Lipinski definition) is 4. The van der Waals surface area contributed by atoms with E-state index in [2.05, 4.69) is 77.5 Å². The van der Waals surface area contributed by atoms with Crippen LogP contribution >= 0.6 is 11.6 Å². The van der Waals surface area contributed by atoms with Crippen molar-refractivity contribution in [1.82, 2.24) is 16.0 Å². The van der Waals surface area contributed by atoms with Crippen molar-refractivity contribution >= 4 is 23.4 Å². The predicted octanol–water partition coefficient (Wildman–Crippen LogP) is 9.35. The van der Waals surface area contributed by atoms with E-state index in [1.807, 2.05) is 0 Å². The van der Waals surface area contributed by atoms with Crippen molar-refractivity contribution in [1.29, 1.82) is 0 Å². The second kappa shape index (κ2) is 15.1. The summed E-state index contributed by atoms with van der Waals surface area (Å²) in [6.07, 6.45) is 18.6. The molecule has 0 aromatic heterocycles. The van der Waals surface area contributed by atoms with Gasteiger partial charge in [-0.05, 0) is 172 Å². The molecule has 0 radical (unpaired) electrons. The van der Waals surface area contributed by atoms with Gasteiger partial charge in [0.25, 0.3) is 5.92 Å². The van der Waals surface area contributed by atoms with Gasteiger partial charge < -0.3 is 21.7 Å². The molecule has 5 N–H and O–H groups in total. The molecule has 7 saturated carbocycles. The summed E-state index contributed by atoms with van der Waals surface area (Å²) in [7, 11) is 0. The minimum absolute atomic E-state index is 0.0132. The Hall–Kier alpha value is -2.55. The molecule has 6 nitrogen and oxygen atoms in total. The second-order valence-corrected chi connectivity index (χ2v) is 22.0. The Morgan fingerprint density at radius 1 is 0.793 bits per heavy atom. The fourth-order valence-electron chi connectivity index (χ4n) is 15.4. The monoisotopic (exact) mass is 816 g/mol. The lowest BCUT2D eigenvalue weighted by Crippen LogP contribution is -2.63. The third kappa shape index (κ3) is 7.45. The molecule has 1 saturated heterocycles. The zero-order chi connectivity index (χ0) is 40.4. The predicted molar refractivity (Wildman–Crippen MR) is 227 cm³/mol. The van der Waals surface area contributed by atoms with Gasteiger partial charge in [0.15, 0.2) is 0 Å². The van der Waals surface area contributed by atoms with Gasteiger partial charge in [0.05, 0.1) is 18.0 Å². The highest BCUT2D eigenvalue weighted by atomic mass is 35.5. The zero-order valence-corrected chi connectivity index (χ0v) is 35.6. The highest BCUT2D eigenvalue weighted by Gasteiger charge is 2.66. The van der Waals surface area contributed by atoms with Gasteiger partial charge in [-0.15, -0.1) is 11.6 Å². The van der Waals surface area contributed by atoms with Gasteiger partial charge in [0.1, 0.15) is 0 Å². The van der Waals surface area contributed by atoms with Crippen LogP contribution in [0.25, 0.3) is 0 Å². The van der Waals surface area contributed by atoms with Crippen LogP contribution in [0.1, 0.15) is 152 Å². The number of hydrogen-bond acceptors (Lipinski definition) is 4. The molecule has 7 aliphatic carbocycles. The summed E-state index contributed by atoms with van der Waals surface area (Å²) in [5.41, 5.74) is 9.66. The Labute approximate surface area is 350 Å².